The second kappa shape index (κ2) is 8.18. The van der Waals surface area contributed by atoms with E-state index in [4.69, 9.17) is 4.98 Å². The second-order valence-corrected chi connectivity index (χ2v) is 8.90. The van der Waals surface area contributed by atoms with Crippen molar-refractivity contribution in [3.63, 3.8) is 0 Å². The molecule has 0 spiro atoms. The van der Waals surface area contributed by atoms with Gasteiger partial charge in [-0.05, 0) is 43.7 Å². The van der Waals surface area contributed by atoms with E-state index in [-0.39, 0.29) is 23.9 Å². The number of nitrogens with one attached hydrogen (secondary N) is 2. The number of amides is 1. The monoisotopic (exact) mass is 449 g/mol. The molecule has 8 nitrogen and oxygen atoms in total. The molecule has 0 aromatic carbocycles. The van der Waals surface area contributed by atoms with Gasteiger partial charge < -0.3 is 15.5 Å². The number of carbonyl (C=O) groups excluding carboxylic acids is 1. The van der Waals surface area contributed by atoms with Gasteiger partial charge >= 0.3 is 6.18 Å². The zero-order chi connectivity index (χ0) is 23.2. The minimum absolute atomic E-state index is 0.0475. The third-order valence-electron chi connectivity index (χ3n) is 6.03. The van der Waals surface area contributed by atoms with Crippen molar-refractivity contribution < 1.29 is 18.0 Å². The van der Waals surface area contributed by atoms with Gasteiger partial charge in [0.1, 0.15) is 23.4 Å². The lowest BCUT2D eigenvalue weighted by atomic mass is 9.78. The quantitative estimate of drug-likeness (QED) is 0.722. The van der Waals surface area contributed by atoms with Gasteiger partial charge in [-0.1, -0.05) is 13.8 Å². The SMILES string of the molecule is Cc1nc(CC2CC(Nc3ccc(C(F)(F)F)nn3)C2)nc2c1NC(=O)[C@H](C(C)C)N2C. The van der Waals surface area contributed by atoms with Crippen LogP contribution in [0.3, 0.4) is 0 Å². The number of anilines is 3. The Hall–Kier alpha value is -2.98. The molecule has 32 heavy (non-hydrogen) atoms. The fourth-order valence-corrected chi connectivity index (χ4v) is 4.41. The van der Waals surface area contributed by atoms with Crippen molar-refractivity contribution in [1.82, 2.24) is 20.2 Å². The highest BCUT2D eigenvalue weighted by molar-refractivity contribution is 6.03. The summed E-state index contributed by atoms with van der Waals surface area (Å²) >= 11 is 0. The molecule has 1 atom stereocenters. The van der Waals surface area contributed by atoms with Gasteiger partial charge in [0.05, 0.1) is 5.69 Å². The summed E-state index contributed by atoms with van der Waals surface area (Å²) in [6.07, 6.45) is -2.13. The number of halogens is 3. The molecule has 0 saturated heterocycles. The van der Waals surface area contributed by atoms with Crippen LogP contribution in [0.15, 0.2) is 12.1 Å². The molecule has 1 aliphatic heterocycles. The van der Waals surface area contributed by atoms with Gasteiger partial charge in [0.25, 0.3) is 0 Å². The number of nitrogens with zero attached hydrogens (tertiary/aromatic N) is 5. The lowest BCUT2D eigenvalue weighted by molar-refractivity contribution is -0.141. The summed E-state index contributed by atoms with van der Waals surface area (Å²) in [5, 5.41) is 12.9. The van der Waals surface area contributed by atoms with Crippen molar-refractivity contribution in [2.24, 2.45) is 11.8 Å². The predicted octanol–water partition coefficient (Wildman–Crippen LogP) is 3.44. The smallest absolute Gasteiger partial charge is 0.366 e. The largest absolute Gasteiger partial charge is 0.435 e. The fourth-order valence-electron chi connectivity index (χ4n) is 4.41. The molecule has 0 bridgehead atoms. The molecular weight excluding hydrogens is 423 g/mol. The summed E-state index contributed by atoms with van der Waals surface area (Å²) in [5.74, 6) is 2.24. The second-order valence-electron chi connectivity index (χ2n) is 8.90. The number of carbonyl (C=O) groups is 1. The van der Waals surface area contributed by atoms with Crippen LogP contribution in [0.25, 0.3) is 0 Å². The minimum Gasteiger partial charge on any atom is -0.366 e. The third-order valence-corrected chi connectivity index (χ3v) is 6.03. The van der Waals surface area contributed by atoms with Gasteiger partial charge in [-0.15, -0.1) is 10.2 Å². The van der Waals surface area contributed by atoms with E-state index in [1.807, 2.05) is 32.7 Å². The van der Waals surface area contributed by atoms with E-state index in [0.29, 0.717) is 23.8 Å². The van der Waals surface area contributed by atoms with E-state index >= 15 is 0 Å². The predicted molar refractivity (Wildman–Crippen MR) is 113 cm³/mol. The molecular formula is C21H26F3N7O. The van der Waals surface area contributed by atoms with Gasteiger partial charge in [0.2, 0.25) is 5.91 Å². The number of hydrogen-bond acceptors (Lipinski definition) is 7. The van der Waals surface area contributed by atoms with Gasteiger partial charge in [-0.25, -0.2) is 9.97 Å². The topological polar surface area (TPSA) is 95.9 Å². The molecule has 1 saturated carbocycles. The number of fused-ring (bicyclic) bond motifs is 1. The van der Waals surface area contributed by atoms with E-state index in [0.717, 1.165) is 36.2 Å². The van der Waals surface area contributed by atoms with E-state index in [1.165, 1.54) is 6.07 Å². The van der Waals surface area contributed by atoms with Gasteiger partial charge in [0, 0.05) is 19.5 Å². The highest BCUT2D eigenvalue weighted by Gasteiger charge is 2.37. The Bertz CT molecular complexity index is 1000. The molecule has 2 aliphatic rings. The van der Waals surface area contributed by atoms with E-state index < -0.39 is 11.9 Å². The van der Waals surface area contributed by atoms with Crippen LogP contribution < -0.4 is 15.5 Å². The van der Waals surface area contributed by atoms with Crippen molar-refractivity contribution in [2.45, 2.75) is 58.3 Å². The minimum atomic E-state index is -4.49. The van der Waals surface area contributed by atoms with Crippen LogP contribution in [0.5, 0.6) is 0 Å². The summed E-state index contributed by atoms with van der Waals surface area (Å²) in [5.41, 5.74) is 0.393. The first kappa shape index (κ1) is 22.2. The molecule has 1 aliphatic carbocycles. The molecule has 0 radical (unpaired) electrons. The van der Waals surface area contributed by atoms with E-state index in [1.54, 1.807) is 0 Å². The number of aryl methyl sites for hydroxylation is 1. The van der Waals surface area contributed by atoms with E-state index in [9.17, 15) is 18.0 Å². The maximum Gasteiger partial charge on any atom is 0.435 e. The molecule has 172 valence electrons. The molecule has 2 N–H and O–H groups in total. The molecule has 1 fully saturated rings. The molecule has 3 heterocycles. The van der Waals surface area contributed by atoms with Crippen LogP contribution in [0, 0.1) is 18.8 Å². The fraction of sp³-hybridized carbons (Fsp3) is 0.571. The van der Waals surface area contributed by atoms with Crippen LogP contribution in [-0.4, -0.2) is 45.2 Å². The average molecular weight is 449 g/mol. The molecule has 11 heteroatoms. The van der Waals surface area contributed by atoms with Crippen molar-refractivity contribution in [2.75, 3.05) is 22.6 Å². The molecule has 2 aromatic heterocycles. The Kier molecular flexibility index (Phi) is 5.68. The highest BCUT2D eigenvalue weighted by Crippen LogP contribution is 2.36. The van der Waals surface area contributed by atoms with Crippen molar-refractivity contribution in [3.8, 4) is 0 Å². The van der Waals surface area contributed by atoms with Crippen molar-refractivity contribution >= 4 is 23.2 Å². The van der Waals surface area contributed by atoms with Crippen LogP contribution in [0.4, 0.5) is 30.5 Å². The third kappa shape index (κ3) is 4.33. The first-order chi connectivity index (χ1) is 15.0. The Labute approximate surface area is 184 Å². The van der Waals surface area contributed by atoms with Crippen LogP contribution >= 0.6 is 0 Å². The van der Waals surface area contributed by atoms with Crippen molar-refractivity contribution in [3.05, 3.63) is 29.3 Å². The highest BCUT2D eigenvalue weighted by atomic mass is 19.4. The summed E-state index contributed by atoms with van der Waals surface area (Å²) in [6, 6.07) is 2.06. The number of hydrogen-bond donors (Lipinski definition) is 2. The first-order valence-corrected chi connectivity index (χ1v) is 10.6. The van der Waals surface area contributed by atoms with Gasteiger partial charge in [0.15, 0.2) is 11.5 Å². The standard InChI is InChI=1S/C21H26F3N7O/c1-10(2)18-20(32)28-17-11(3)25-16(27-19(17)31(18)4)9-12-7-13(8-12)26-15-6-5-14(29-30-15)21(22,23)24/h5-6,10,12-13,18H,7-9H2,1-4H3,(H,26,30)(H,28,32)/t12?,13?,18-/m0/s1. The Morgan fingerprint density at radius 2 is 1.94 bits per heavy atom. The van der Waals surface area contributed by atoms with Crippen LogP contribution in [0.1, 0.15) is 43.9 Å². The summed E-state index contributed by atoms with van der Waals surface area (Å²) in [6.45, 7) is 5.87. The number of rotatable bonds is 5. The zero-order valence-corrected chi connectivity index (χ0v) is 18.4. The first-order valence-electron chi connectivity index (χ1n) is 10.6. The van der Waals surface area contributed by atoms with Crippen molar-refractivity contribution in [1.29, 1.82) is 0 Å². The summed E-state index contributed by atoms with van der Waals surface area (Å²) in [7, 11) is 1.88. The molecule has 2 aromatic rings. The van der Waals surface area contributed by atoms with Crippen LogP contribution in [0.2, 0.25) is 0 Å². The molecule has 1 amide bonds. The maximum absolute atomic E-state index is 12.6. The Morgan fingerprint density at radius 3 is 2.53 bits per heavy atom. The van der Waals surface area contributed by atoms with E-state index in [2.05, 4.69) is 25.8 Å². The summed E-state index contributed by atoms with van der Waals surface area (Å²) in [4.78, 5) is 23.7. The summed E-state index contributed by atoms with van der Waals surface area (Å²) < 4.78 is 37.8. The van der Waals surface area contributed by atoms with Gasteiger partial charge in [-0.2, -0.15) is 13.2 Å². The van der Waals surface area contributed by atoms with Crippen LogP contribution in [-0.2, 0) is 17.4 Å². The molecule has 4 rings (SSSR count). The zero-order valence-electron chi connectivity index (χ0n) is 18.4. The lowest BCUT2D eigenvalue weighted by Crippen LogP contribution is -2.50. The number of likely N-dealkylation sites (N-methyl/N-ethyl adjacent to an activating group) is 1. The van der Waals surface area contributed by atoms with Gasteiger partial charge in [-0.3, -0.25) is 4.79 Å². The lowest BCUT2D eigenvalue weighted by Gasteiger charge is -2.38. The number of aromatic nitrogens is 4. The normalized spacial score (nSPS) is 22.9. The Morgan fingerprint density at radius 1 is 1.22 bits per heavy atom. The Balaban J connectivity index is 1.37. The average Bonchev–Trinajstić information content (AvgIpc) is 2.67. The number of alkyl halides is 3. The maximum atomic E-state index is 12.6. The molecule has 0 unspecified atom stereocenters.